The summed E-state index contributed by atoms with van der Waals surface area (Å²) in [6, 6.07) is 3.66. The summed E-state index contributed by atoms with van der Waals surface area (Å²) < 4.78 is 77.1. The van der Waals surface area contributed by atoms with Crippen molar-refractivity contribution >= 4 is 28.4 Å². The molecule has 3 N–H and O–H groups in total. The minimum absolute atomic E-state index is 0.00759. The molecule has 40 heavy (non-hydrogen) atoms. The van der Waals surface area contributed by atoms with Gasteiger partial charge in [-0.2, -0.15) is 18.2 Å². The first-order chi connectivity index (χ1) is 18.9. The Morgan fingerprint density at radius 2 is 1.95 bits per heavy atom. The van der Waals surface area contributed by atoms with Crippen LogP contribution >= 0.6 is 0 Å². The Balaban J connectivity index is 1.37. The van der Waals surface area contributed by atoms with Crippen LogP contribution in [0.25, 0.3) is 27.9 Å². The molecule has 4 aromatic rings. The van der Waals surface area contributed by atoms with Gasteiger partial charge < -0.3 is 20.4 Å². The number of rotatable bonds is 9. The zero-order valence-corrected chi connectivity index (χ0v) is 22.0. The van der Waals surface area contributed by atoms with Crippen LogP contribution in [0.15, 0.2) is 24.4 Å². The van der Waals surface area contributed by atoms with Crippen LogP contribution in [0.1, 0.15) is 25.6 Å². The molecule has 15 heteroatoms. The van der Waals surface area contributed by atoms with E-state index in [0.29, 0.717) is 48.6 Å². The van der Waals surface area contributed by atoms with E-state index in [9.17, 15) is 22.0 Å². The van der Waals surface area contributed by atoms with Crippen molar-refractivity contribution in [2.45, 2.75) is 51.4 Å². The van der Waals surface area contributed by atoms with Gasteiger partial charge in [0.2, 0.25) is 5.95 Å². The number of fused-ring (bicyclic) bond motifs is 2. The maximum atomic E-state index is 15.0. The summed E-state index contributed by atoms with van der Waals surface area (Å²) in [7, 11) is 0. The predicted octanol–water partition coefficient (Wildman–Crippen LogP) is 4.14. The predicted molar refractivity (Wildman–Crippen MR) is 139 cm³/mol. The van der Waals surface area contributed by atoms with Gasteiger partial charge in [-0.1, -0.05) is 6.92 Å². The van der Waals surface area contributed by atoms with E-state index in [1.54, 1.807) is 29.3 Å². The highest BCUT2D eigenvalue weighted by atomic mass is 19.4. The van der Waals surface area contributed by atoms with E-state index in [1.807, 2.05) is 6.92 Å². The molecule has 1 atom stereocenters. The van der Waals surface area contributed by atoms with Gasteiger partial charge in [-0.05, 0) is 38.0 Å². The number of halogens is 5. The molecule has 1 aliphatic heterocycles. The summed E-state index contributed by atoms with van der Waals surface area (Å²) in [5.74, 6) is -2.90. The Morgan fingerprint density at radius 1 is 1.15 bits per heavy atom. The number of anilines is 2. The molecule has 1 fully saturated rings. The smallest absolute Gasteiger partial charge is 0.382 e. The fourth-order valence-corrected chi connectivity index (χ4v) is 4.93. The number of nitrogens with two attached hydrogens (primary N) is 1. The van der Waals surface area contributed by atoms with Gasteiger partial charge in [0.1, 0.15) is 23.4 Å². The van der Waals surface area contributed by atoms with E-state index in [2.05, 4.69) is 25.4 Å². The third kappa shape index (κ3) is 5.80. The number of pyridine rings is 1. The lowest BCUT2D eigenvalue weighted by Gasteiger charge is -2.38. The largest absolute Gasteiger partial charge is 0.406 e. The van der Waals surface area contributed by atoms with Gasteiger partial charge in [0.05, 0.1) is 24.9 Å². The number of likely N-dealkylation sites (tertiary alicyclic amines) is 1. The molecule has 0 aliphatic carbocycles. The molecule has 10 nitrogen and oxygen atoms in total. The third-order valence-corrected chi connectivity index (χ3v) is 6.82. The number of ether oxygens (including phenoxy) is 1. The second-order valence-electron chi connectivity index (χ2n) is 9.88. The molecular formula is C25H30F5N9O. The zero-order chi connectivity index (χ0) is 28.7. The minimum Gasteiger partial charge on any atom is -0.382 e. The standard InChI is InChI=1S/C25H30F5N9O/c1-3-11-40-12-10-37-8-7-19(24(26,27)13-37)34-23-35-21(31)20-16(6-9-39(20)36-23)17-4-5-18-22(33-17)38(15(2)32-18)14-25(28,29)30/h4-6,9,19H,3,7-8,10-14H2,1-2H3,(H3,31,34,35,36)/t19-/m1/s1. The van der Waals surface area contributed by atoms with Gasteiger partial charge in [-0.15, -0.1) is 5.10 Å². The average Bonchev–Trinajstić information content (AvgIpc) is 3.43. The minimum atomic E-state index is -4.45. The molecule has 216 valence electrons. The van der Waals surface area contributed by atoms with Gasteiger partial charge in [0, 0.05) is 31.5 Å². The Morgan fingerprint density at radius 3 is 2.67 bits per heavy atom. The summed E-state index contributed by atoms with van der Waals surface area (Å²) in [6.07, 6.45) is -1.84. The SMILES string of the molecule is CCCOCCN1CC[C@@H](Nc2nc(N)c3c(-c4ccc5nc(C)n(CC(F)(F)F)c5n4)ccn3n2)C(F)(F)C1. The monoisotopic (exact) mass is 567 g/mol. The van der Waals surface area contributed by atoms with Crippen LogP contribution in [0.5, 0.6) is 0 Å². The first-order valence-electron chi connectivity index (χ1n) is 13.0. The maximum absolute atomic E-state index is 15.0. The highest BCUT2D eigenvalue weighted by Crippen LogP contribution is 2.32. The number of aromatic nitrogens is 6. The molecule has 0 unspecified atom stereocenters. The Bertz CT molecular complexity index is 1500. The van der Waals surface area contributed by atoms with E-state index in [-0.39, 0.29) is 29.7 Å². The molecule has 4 aromatic heterocycles. The molecule has 0 spiro atoms. The lowest BCUT2D eigenvalue weighted by atomic mass is 10.0. The number of aryl methyl sites for hydroxylation is 1. The van der Waals surface area contributed by atoms with Crippen molar-refractivity contribution in [3.63, 3.8) is 0 Å². The molecule has 0 radical (unpaired) electrons. The average molecular weight is 568 g/mol. The van der Waals surface area contributed by atoms with Gasteiger partial charge >= 0.3 is 6.18 Å². The number of imidazole rings is 1. The highest BCUT2D eigenvalue weighted by molar-refractivity contribution is 5.88. The van der Waals surface area contributed by atoms with Crippen LogP contribution < -0.4 is 11.1 Å². The van der Waals surface area contributed by atoms with Crippen LogP contribution in [-0.4, -0.2) is 85.0 Å². The highest BCUT2D eigenvalue weighted by Gasteiger charge is 2.45. The van der Waals surface area contributed by atoms with Crippen LogP contribution in [0.3, 0.4) is 0 Å². The molecular weight excluding hydrogens is 537 g/mol. The number of piperidine rings is 1. The van der Waals surface area contributed by atoms with E-state index in [0.717, 1.165) is 11.0 Å². The first kappa shape index (κ1) is 28.0. The molecule has 5 heterocycles. The van der Waals surface area contributed by atoms with E-state index in [1.165, 1.54) is 11.4 Å². The van der Waals surface area contributed by atoms with E-state index in [4.69, 9.17) is 10.5 Å². The summed E-state index contributed by atoms with van der Waals surface area (Å²) in [4.78, 5) is 14.5. The number of nitrogen functional groups attached to an aromatic ring is 1. The van der Waals surface area contributed by atoms with Gasteiger partial charge in [-0.25, -0.2) is 23.3 Å². The normalized spacial score (nSPS) is 18.1. The fraction of sp³-hybridized carbons (Fsp3) is 0.520. The Labute approximate surface area is 226 Å². The van der Waals surface area contributed by atoms with Gasteiger partial charge in [-0.3, -0.25) is 4.90 Å². The van der Waals surface area contributed by atoms with Crippen LogP contribution in [0.4, 0.5) is 33.7 Å². The van der Waals surface area contributed by atoms with Crippen molar-refractivity contribution in [1.29, 1.82) is 0 Å². The topological polar surface area (TPSA) is 111 Å². The molecule has 1 aliphatic rings. The molecule has 0 amide bonds. The zero-order valence-electron chi connectivity index (χ0n) is 22.0. The molecule has 1 saturated heterocycles. The molecule has 0 bridgehead atoms. The second-order valence-corrected chi connectivity index (χ2v) is 9.88. The number of nitrogens with zero attached hydrogens (tertiary/aromatic N) is 7. The van der Waals surface area contributed by atoms with Crippen LogP contribution in [0.2, 0.25) is 0 Å². The number of hydrogen-bond acceptors (Lipinski definition) is 8. The number of alkyl halides is 5. The van der Waals surface area contributed by atoms with Crippen molar-refractivity contribution in [2.24, 2.45) is 0 Å². The molecule has 0 saturated carbocycles. The Kier molecular flexibility index (Phi) is 7.52. The summed E-state index contributed by atoms with van der Waals surface area (Å²) in [5, 5.41) is 7.06. The second kappa shape index (κ2) is 10.8. The number of nitrogens with one attached hydrogen (secondary N) is 1. The van der Waals surface area contributed by atoms with E-state index < -0.39 is 31.2 Å². The molecule has 5 rings (SSSR count). The lowest BCUT2D eigenvalue weighted by molar-refractivity contribution is -0.140. The third-order valence-electron chi connectivity index (χ3n) is 6.82. The maximum Gasteiger partial charge on any atom is 0.406 e. The van der Waals surface area contributed by atoms with E-state index >= 15 is 0 Å². The summed E-state index contributed by atoms with van der Waals surface area (Å²) in [5.41, 5.74) is 7.81. The summed E-state index contributed by atoms with van der Waals surface area (Å²) >= 11 is 0. The molecule has 0 aromatic carbocycles. The first-order valence-corrected chi connectivity index (χ1v) is 13.0. The van der Waals surface area contributed by atoms with Crippen LogP contribution in [0, 0.1) is 6.92 Å². The Hall–Kier alpha value is -3.59. The summed E-state index contributed by atoms with van der Waals surface area (Å²) in [6.45, 7) is 3.73. The van der Waals surface area contributed by atoms with Crippen molar-refractivity contribution in [1.82, 2.24) is 34.0 Å². The van der Waals surface area contributed by atoms with Crippen molar-refractivity contribution in [2.75, 3.05) is 43.9 Å². The lowest BCUT2D eigenvalue weighted by Crippen LogP contribution is -2.55. The van der Waals surface area contributed by atoms with Gasteiger partial charge in [0.15, 0.2) is 11.5 Å². The van der Waals surface area contributed by atoms with Crippen LogP contribution in [-0.2, 0) is 11.3 Å². The fourth-order valence-electron chi connectivity index (χ4n) is 4.93. The van der Waals surface area contributed by atoms with Gasteiger partial charge in [0.25, 0.3) is 5.92 Å². The number of hydrogen-bond donors (Lipinski definition) is 2. The quantitative estimate of drug-likeness (QED) is 0.229. The van der Waals surface area contributed by atoms with Crippen molar-refractivity contribution < 1.29 is 26.7 Å². The van der Waals surface area contributed by atoms with Crippen molar-refractivity contribution in [3.05, 3.63) is 30.2 Å². The van der Waals surface area contributed by atoms with Crippen molar-refractivity contribution in [3.8, 4) is 11.3 Å².